The van der Waals surface area contributed by atoms with E-state index < -0.39 is 34.0 Å². The van der Waals surface area contributed by atoms with Gasteiger partial charge in [0, 0.05) is 13.6 Å². The molecule has 3 N–H and O–H groups in total. The lowest BCUT2D eigenvalue weighted by Crippen LogP contribution is -2.42. The minimum atomic E-state index is -4.04. The third kappa shape index (κ3) is 6.03. The van der Waals surface area contributed by atoms with E-state index in [4.69, 9.17) is 15.2 Å². The lowest BCUT2D eigenvalue weighted by Gasteiger charge is -2.20. The Morgan fingerprint density at radius 1 is 1.13 bits per heavy atom. The summed E-state index contributed by atoms with van der Waals surface area (Å²) in [5.41, 5.74) is 5.52. The van der Waals surface area contributed by atoms with E-state index in [9.17, 15) is 22.8 Å². The van der Waals surface area contributed by atoms with Crippen LogP contribution in [0.5, 0.6) is 5.75 Å². The molecule has 2 rings (SSSR count). The van der Waals surface area contributed by atoms with Crippen molar-refractivity contribution in [1.29, 1.82) is 0 Å². The van der Waals surface area contributed by atoms with Crippen LogP contribution in [0.1, 0.15) is 22.8 Å². The van der Waals surface area contributed by atoms with E-state index in [-0.39, 0.29) is 22.8 Å². The fraction of sp³-hybridized carbons (Fsp3) is 0.250. The van der Waals surface area contributed by atoms with Crippen LogP contribution in [0.25, 0.3) is 0 Å². The van der Waals surface area contributed by atoms with Crippen LogP contribution in [0.3, 0.4) is 0 Å². The van der Waals surface area contributed by atoms with Crippen molar-refractivity contribution < 1.29 is 32.3 Å². The summed E-state index contributed by atoms with van der Waals surface area (Å²) in [6.45, 7) is 1.34. The van der Waals surface area contributed by atoms with Crippen molar-refractivity contribution >= 4 is 27.9 Å². The number of imide groups is 1. The first kappa shape index (κ1) is 23.8. The molecule has 0 aliphatic rings. The molecule has 0 saturated heterocycles. The largest absolute Gasteiger partial charge is 0.495 e. The van der Waals surface area contributed by atoms with E-state index in [2.05, 4.69) is 0 Å². The molecule has 0 aliphatic heterocycles. The van der Waals surface area contributed by atoms with Crippen molar-refractivity contribution in [3.63, 3.8) is 0 Å². The van der Waals surface area contributed by atoms with Crippen LogP contribution in [0.4, 0.5) is 4.79 Å². The standard InChI is InChI=1S/C20H23N3O7S/c1-13(18(24)22-20(21)26)30-19(25)15-9-10-16(29-3)17(11-15)31(27,28)23(2)12-14-7-5-4-6-8-14/h4-11,13H,12H2,1-3H3,(H3,21,22,24,26)/t13-/m0/s1. The van der Waals surface area contributed by atoms with E-state index >= 15 is 0 Å². The number of carbonyl (C=O) groups is 3. The molecule has 2 aromatic carbocycles. The number of sulfonamides is 1. The maximum Gasteiger partial charge on any atom is 0.338 e. The van der Waals surface area contributed by atoms with Gasteiger partial charge in [0.15, 0.2) is 6.10 Å². The Hall–Kier alpha value is -3.44. The number of esters is 1. The van der Waals surface area contributed by atoms with Gasteiger partial charge in [-0.25, -0.2) is 18.0 Å². The highest BCUT2D eigenvalue weighted by Gasteiger charge is 2.27. The molecule has 0 aromatic heterocycles. The van der Waals surface area contributed by atoms with Crippen LogP contribution < -0.4 is 15.8 Å². The van der Waals surface area contributed by atoms with Crippen molar-refractivity contribution in [1.82, 2.24) is 9.62 Å². The first-order valence-electron chi connectivity index (χ1n) is 9.06. The zero-order chi connectivity index (χ0) is 23.2. The molecule has 11 heteroatoms. The van der Waals surface area contributed by atoms with Crippen molar-refractivity contribution in [2.24, 2.45) is 5.73 Å². The highest BCUT2D eigenvalue weighted by molar-refractivity contribution is 7.89. The summed E-state index contributed by atoms with van der Waals surface area (Å²) in [7, 11) is -1.33. The van der Waals surface area contributed by atoms with Crippen molar-refractivity contribution in [3.05, 3.63) is 59.7 Å². The molecule has 3 amide bonds. The van der Waals surface area contributed by atoms with Crippen LogP contribution in [0.2, 0.25) is 0 Å². The fourth-order valence-corrected chi connectivity index (χ4v) is 3.94. The lowest BCUT2D eigenvalue weighted by atomic mass is 10.2. The molecular weight excluding hydrogens is 426 g/mol. The molecule has 166 valence electrons. The molecule has 0 radical (unpaired) electrons. The average Bonchev–Trinajstić information content (AvgIpc) is 2.73. The summed E-state index contributed by atoms with van der Waals surface area (Å²) in [6, 6.07) is 11.6. The predicted molar refractivity (Wildman–Crippen MR) is 111 cm³/mol. The Morgan fingerprint density at radius 3 is 2.35 bits per heavy atom. The monoisotopic (exact) mass is 449 g/mol. The molecule has 1 atom stereocenters. The van der Waals surface area contributed by atoms with Gasteiger partial charge in [0.25, 0.3) is 5.91 Å². The number of urea groups is 1. The van der Waals surface area contributed by atoms with Crippen molar-refractivity contribution in [3.8, 4) is 5.75 Å². The van der Waals surface area contributed by atoms with E-state index in [1.807, 2.05) is 6.07 Å². The summed E-state index contributed by atoms with van der Waals surface area (Å²) in [6.07, 6.45) is -1.33. The first-order valence-corrected chi connectivity index (χ1v) is 10.5. The van der Waals surface area contributed by atoms with Gasteiger partial charge in [0.1, 0.15) is 10.6 Å². The van der Waals surface area contributed by atoms with Crippen LogP contribution >= 0.6 is 0 Å². The van der Waals surface area contributed by atoms with E-state index in [0.717, 1.165) is 15.9 Å². The van der Waals surface area contributed by atoms with Crippen molar-refractivity contribution in [2.45, 2.75) is 24.5 Å². The summed E-state index contributed by atoms with van der Waals surface area (Å²) in [4.78, 5) is 34.6. The number of rotatable bonds is 8. The molecule has 10 nitrogen and oxygen atoms in total. The number of nitrogens with two attached hydrogens (primary N) is 1. The molecule has 0 spiro atoms. The van der Waals surface area contributed by atoms with Gasteiger partial charge in [-0.15, -0.1) is 0 Å². The smallest absolute Gasteiger partial charge is 0.338 e. The van der Waals surface area contributed by atoms with Gasteiger partial charge in [-0.05, 0) is 30.7 Å². The molecular formula is C20H23N3O7S. The Bertz CT molecular complexity index is 1070. The minimum Gasteiger partial charge on any atom is -0.495 e. The van der Waals surface area contributed by atoms with E-state index in [1.54, 1.807) is 29.6 Å². The van der Waals surface area contributed by atoms with Gasteiger partial charge < -0.3 is 15.2 Å². The second-order valence-corrected chi connectivity index (χ2v) is 8.53. The third-order valence-electron chi connectivity index (χ3n) is 4.24. The molecule has 0 aliphatic carbocycles. The van der Waals surface area contributed by atoms with E-state index in [1.165, 1.54) is 33.2 Å². The first-order chi connectivity index (χ1) is 14.6. The van der Waals surface area contributed by atoms with Gasteiger partial charge in [0.2, 0.25) is 10.0 Å². The quantitative estimate of drug-likeness (QED) is 0.577. The SMILES string of the molecule is COc1ccc(C(=O)O[C@@H](C)C(=O)NC(N)=O)cc1S(=O)(=O)N(C)Cc1ccccc1. The highest BCUT2D eigenvalue weighted by atomic mass is 32.2. The number of amides is 3. The second kappa shape index (κ2) is 10.0. The molecule has 2 aromatic rings. The maximum absolute atomic E-state index is 13.1. The molecule has 0 heterocycles. The van der Waals surface area contributed by atoms with Gasteiger partial charge in [-0.1, -0.05) is 30.3 Å². The maximum atomic E-state index is 13.1. The lowest BCUT2D eigenvalue weighted by molar-refractivity contribution is -0.127. The molecule has 0 bridgehead atoms. The third-order valence-corrected chi connectivity index (χ3v) is 6.06. The number of primary amides is 1. The van der Waals surface area contributed by atoms with Crippen LogP contribution in [0, 0.1) is 0 Å². The number of methoxy groups -OCH3 is 1. The number of benzene rings is 2. The van der Waals surface area contributed by atoms with Gasteiger partial charge >= 0.3 is 12.0 Å². The van der Waals surface area contributed by atoms with E-state index in [0.29, 0.717) is 0 Å². The summed E-state index contributed by atoms with van der Waals surface area (Å²) >= 11 is 0. The Kier molecular flexibility index (Phi) is 7.72. The van der Waals surface area contributed by atoms with Gasteiger partial charge in [-0.3, -0.25) is 10.1 Å². The summed E-state index contributed by atoms with van der Waals surface area (Å²) < 4.78 is 37.5. The normalized spacial score (nSPS) is 12.1. The fourth-order valence-electron chi connectivity index (χ4n) is 2.60. The van der Waals surface area contributed by atoms with Gasteiger partial charge in [0.05, 0.1) is 12.7 Å². The topological polar surface area (TPSA) is 145 Å². The molecule has 0 unspecified atom stereocenters. The molecule has 31 heavy (non-hydrogen) atoms. The average molecular weight is 449 g/mol. The Morgan fingerprint density at radius 2 is 1.77 bits per heavy atom. The van der Waals surface area contributed by atoms with Gasteiger partial charge in [-0.2, -0.15) is 4.31 Å². The summed E-state index contributed by atoms with van der Waals surface area (Å²) in [5, 5.41) is 1.79. The Labute approximate surface area is 180 Å². The number of hydrogen-bond acceptors (Lipinski definition) is 7. The Balaban J connectivity index is 2.29. The minimum absolute atomic E-state index is 0.0379. The zero-order valence-corrected chi connectivity index (χ0v) is 18.0. The number of nitrogens with zero attached hydrogens (tertiary/aromatic N) is 1. The second-order valence-electron chi connectivity index (χ2n) is 6.51. The molecule has 0 fully saturated rings. The number of carbonyl (C=O) groups excluding carboxylic acids is 3. The number of nitrogens with one attached hydrogen (secondary N) is 1. The van der Waals surface area contributed by atoms with Crippen LogP contribution in [0.15, 0.2) is 53.4 Å². The van der Waals surface area contributed by atoms with Crippen LogP contribution in [-0.4, -0.2) is 50.9 Å². The summed E-state index contributed by atoms with van der Waals surface area (Å²) in [5.74, 6) is -1.84. The van der Waals surface area contributed by atoms with Crippen LogP contribution in [-0.2, 0) is 26.1 Å². The zero-order valence-electron chi connectivity index (χ0n) is 17.2. The highest BCUT2D eigenvalue weighted by Crippen LogP contribution is 2.28. The van der Waals surface area contributed by atoms with Crippen molar-refractivity contribution in [2.75, 3.05) is 14.2 Å². The predicted octanol–water partition coefficient (Wildman–Crippen LogP) is 1.26. The number of ether oxygens (including phenoxy) is 2. The number of hydrogen-bond donors (Lipinski definition) is 2. The molecule has 0 saturated carbocycles.